The number of hydrogen-bond acceptors (Lipinski definition) is 4. The van der Waals surface area contributed by atoms with Crippen LogP contribution in [0.4, 0.5) is 0 Å². The summed E-state index contributed by atoms with van der Waals surface area (Å²) in [6.07, 6.45) is 2.40. The predicted octanol–water partition coefficient (Wildman–Crippen LogP) is 1.83. The Kier molecular flexibility index (Phi) is 4.71. The largest absolute Gasteiger partial charge is 0.409 e. The third-order valence-electron chi connectivity index (χ3n) is 3.14. The van der Waals surface area contributed by atoms with Gasteiger partial charge in [0.2, 0.25) is 0 Å². The molecule has 21 heavy (non-hydrogen) atoms. The van der Waals surface area contributed by atoms with Crippen molar-refractivity contribution in [3.8, 4) is 0 Å². The minimum absolute atomic E-state index is 0.00941. The summed E-state index contributed by atoms with van der Waals surface area (Å²) in [6, 6.07) is 9.17. The zero-order valence-electron chi connectivity index (χ0n) is 11.9. The summed E-state index contributed by atoms with van der Waals surface area (Å²) in [5.74, 6) is -0.141. The average molecular weight is 286 g/mol. The molecule has 110 valence electrons. The molecular formula is C15H18N4O2. The molecule has 0 fully saturated rings. The van der Waals surface area contributed by atoms with Gasteiger partial charge in [-0.2, -0.15) is 0 Å². The van der Waals surface area contributed by atoms with E-state index in [2.05, 4.69) is 10.1 Å². The van der Waals surface area contributed by atoms with E-state index in [4.69, 9.17) is 10.9 Å². The van der Waals surface area contributed by atoms with Gasteiger partial charge < -0.3 is 15.8 Å². The van der Waals surface area contributed by atoms with Crippen molar-refractivity contribution in [3.05, 3.63) is 42.1 Å². The number of amidine groups is 1. The van der Waals surface area contributed by atoms with E-state index < -0.39 is 0 Å². The van der Waals surface area contributed by atoms with E-state index in [0.717, 1.165) is 17.3 Å². The van der Waals surface area contributed by atoms with Gasteiger partial charge in [0, 0.05) is 18.1 Å². The number of fused-ring (bicyclic) bond motifs is 1. The number of rotatable bonds is 5. The van der Waals surface area contributed by atoms with Crippen LogP contribution in [0.2, 0.25) is 0 Å². The molecule has 2 rings (SSSR count). The molecule has 0 saturated carbocycles. The number of carbonyl (C=O) groups is 1. The van der Waals surface area contributed by atoms with Gasteiger partial charge >= 0.3 is 0 Å². The SMILES string of the molecule is CCCN(C/C(N)=N/O)C(=O)c1ccnc2ccccc12. The monoisotopic (exact) mass is 286 g/mol. The minimum atomic E-state index is -0.151. The Morgan fingerprint density at radius 2 is 2.14 bits per heavy atom. The zero-order valence-corrected chi connectivity index (χ0v) is 11.9. The van der Waals surface area contributed by atoms with Gasteiger partial charge in [-0.15, -0.1) is 0 Å². The van der Waals surface area contributed by atoms with E-state index in [-0.39, 0.29) is 18.3 Å². The van der Waals surface area contributed by atoms with Gasteiger partial charge in [0.15, 0.2) is 5.84 Å². The van der Waals surface area contributed by atoms with E-state index in [9.17, 15) is 4.79 Å². The molecule has 6 heteroatoms. The number of nitrogens with zero attached hydrogens (tertiary/aromatic N) is 3. The number of benzene rings is 1. The van der Waals surface area contributed by atoms with Gasteiger partial charge in [-0.3, -0.25) is 9.78 Å². The van der Waals surface area contributed by atoms with Crippen LogP contribution < -0.4 is 5.73 Å². The number of nitrogens with two attached hydrogens (primary N) is 1. The molecule has 0 unspecified atom stereocenters. The summed E-state index contributed by atoms with van der Waals surface area (Å²) >= 11 is 0. The van der Waals surface area contributed by atoms with Gasteiger partial charge in [-0.05, 0) is 18.6 Å². The standard InChI is InChI=1S/C15H18N4O2/c1-2-9-19(10-14(16)18-21)15(20)12-7-8-17-13-6-4-3-5-11(12)13/h3-8,21H,2,9-10H2,1H3,(H2,16,18). The summed E-state index contributed by atoms with van der Waals surface area (Å²) in [5.41, 5.74) is 6.86. The van der Waals surface area contributed by atoms with Crippen LogP contribution in [0, 0.1) is 0 Å². The lowest BCUT2D eigenvalue weighted by Gasteiger charge is -2.22. The van der Waals surface area contributed by atoms with Crippen molar-refractivity contribution >= 4 is 22.6 Å². The normalized spacial score (nSPS) is 11.6. The second-order valence-electron chi connectivity index (χ2n) is 4.69. The van der Waals surface area contributed by atoms with Crippen LogP contribution in [0.3, 0.4) is 0 Å². The Balaban J connectivity index is 2.39. The first kappa shape index (κ1) is 14.8. The fraction of sp³-hybridized carbons (Fsp3) is 0.267. The smallest absolute Gasteiger partial charge is 0.255 e. The molecule has 0 aliphatic rings. The molecule has 1 amide bonds. The lowest BCUT2D eigenvalue weighted by atomic mass is 10.1. The molecule has 0 aliphatic carbocycles. The molecule has 0 spiro atoms. The fourth-order valence-corrected chi connectivity index (χ4v) is 2.20. The van der Waals surface area contributed by atoms with E-state index in [0.29, 0.717) is 12.1 Å². The van der Waals surface area contributed by atoms with Crippen molar-refractivity contribution < 1.29 is 10.0 Å². The highest BCUT2D eigenvalue weighted by Crippen LogP contribution is 2.18. The quantitative estimate of drug-likeness (QED) is 0.379. The number of amides is 1. The molecule has 1 aromatic carbocycles. The van der Waals surface area contributed by atoms with Crippen molar-refractivity contribution in [1.29, 1.82) is 0 Å². The van der Waals surface area contributed by atoms with Crippen LogP contribution >= 0.6 is 0 Å². The summed E-state index contributed by atoms with van der Waals surface area (Å²) in [4.78, 5) is 18.5. The Bertz CT molecular complexity index is 664. The van der Waals surface area contributed by atoms with Crippen molar-refractivity contribution in [2.24, 2.45) is 10.9 Å². The zero-order chi connectivity index (χ0) is 15.2. The maximum atomic E-state index is 12.7. The lowest BCUT2D eigenvalue weighted by Crippen LogP contribution is -2.39. The Hall–Kier alpha value is -2.63. The molecule has 0 saturated heterocycles. The molecular weight excluding hydrogens is 268 g/mol. The summed E-state index contributed by atoms with van der Waals surface area (Å²) in [5, 5.41) is 12.4. The molecule has 2 aromatic rings. The highest BCUT2D eigenvalue weighted by atomic mass is 16.4. The predicted molar refractivity (Wildman–Crippen MR) is 81.3 cm³/mol. The van der Waals surface area contributed by atoms with Crippen molar-refractivity contribution in [1.82, 2.24) is 9.88 Å². The van der Waals surface area contributed by atoms with Gasteiger partial charge in [0.25, 0.3) is 5.91 Å². The van der Waals surface area contributed by atoms with Crippen LogP contribution in [0.1, 0.15) is 23.7 Å². The molecule has 1 aromatic heterocycles. The molecule has 0 bridgehead atoms. The van der Waals surface area contributed by atoms with Gasteiger partial charge in [-0.25, -0.2) is 0 Å². The molecule has 3 N–H and O–H groups in total. The van der Waals surface area contributed by atoms with Gasteiger partial charge in [0.05, 0.1) is 17.6 Å². The first-order valence-corrected chi connectivity index (χ1v) is 6.76. The fourth-order valence-electron chi connectivity index (χ4n) is 2.20. The van der Waals surface area contributed by atoms with E-state index in [1.807, 2.05) is 31.2 Å². The van der Waals surface area contributed by atoms with Crippen LogP contribution in [0.15, 0.2) is 41.7 Å². The first-order chi connectivity index (χ1) is 10.2. The summed E-state index contributed by atoms with van der Waals surface area (Å²) < 4.78 is 0. The van der Waals surface area contributed by atoms with E-state index in [1.165, 1.54) is 0 Å². The second kappa shape index (κ2) is 6.69. The van der Waals surface area contributed by atoms with Crippen molar-refractivity contribution in [2.75, 3.05) is 13.1 Å². The number of hydrogen-bond donors (Lipinski definition) is 2. The van der Waals surface area contributed by atoms with Crippen molar-refractivity contribution in [3.63, 3.8) is 0 Å². The molecule has 0 radical (unpaired) electrons. The van der Waals surface area contributed by atoms with E-state index >= 15 is 0 Å². The lowest BCUT2D eigenvalue weighted by molar-refractivity contribution is 0.0780. The second-order valence-corrected chi connectivity index (χ2v) is 4.69. The van der Waals surface area contributed by atoms with Gasteiger partial charge in [0.1, 0.15) is 0 Å². The van der Waals surface area contributed by atoms with E-state index in [1.54, 1.807) is 17.2 Å². The van der Waals surface area contributed by atoms with Gasteiger partial charge in [-0.1, -0.05) is 30.3 Å². The number of oxime groups is 1. The topological polar surface area (TPSA) is 91.8 Å². The van der Waals surface area contributed by atoms with Crippen LogP contribution in [0.25, 0.3) is 10.9 Å². The van der Waals surface area contributed by atoms with Crippen molar-refractivity contribution in [2.45, 2.75) is 13.3 Å². The number of carbonyl (C=O) groups excluding carboxylic acids is 1. The maximum Gasteiger partial charge on any atom is 0.255 e. The number of aromatic nitrogens is 1. The average Bonchev–Trinajstić information content (AvgIpc) is 2.53. The molecule has 1 heterocycles. The Morgan fingerprint density at radius 1 is 1.38 bits per heavy atom. The highest BCUT2D eigenvalue weighted by Gasteiger charge is 2.18. The molecule has 0 atom stereocenters. The molecule has 6 nitrogen and oxygen atoms in total. The number of pyridine rings is 1. The molecule has 0 aliphatic heterocycles. The summed E-state index contributed by atoms with van der Waals surface area (Å²) in [6.45, 7) is 2.60. The van der Waals surface area contributed by atoms with Crippen LogP contribution in [0.5, 0.6) is 0 Å². The third kappa shape index (κ3) is 3.28. The number of para-hydroxylation sites is 1. The Labute approximate surface area is 122 Å². The highest BCUT2D eigenvalue weighted by molar-refractivity contribution is 6.06. The minimum Gasteiger partial charge on any atom is -0.409 e. The van der Waals surface area contributed by atoms with Crippen LogP contribution in [-0.4, -0.2) is 39.9 Å². The van der Waals surface area contributed by atoms with Crippen LogP contribution in [-0.2, 0) is 0 Å². The first-order valence-electron chi connectivity index (χ1n) is 6.76. The Morgan fingerprint density at radius 3 is 2.86 bits per heavy atom. The maximum absolute atomic E-state index is 12.7. The third-order valence-corrected chi connectivity index (χ3v) is 3.14. The summed E-state index contributed by atoms with van der Waals surface area (Å²) in [7, 11) is 0.